The van der Waals surface area contributed by atoms with E-state index < -0.39 is 17.6 Å². The second-order valence-corrected chi connectivity index (χ2v) is 4.35. The second-order valence-electron chi connectivity index (χ2n) is 3.94. The first kappa shape index (κ1) is 14.5. The highest BCUT2D eigenvalue weighted by molar-refractivity contribution is 6.33. The van der Waals surface area contributed by atoms with Crippen LogP contribution in [0.4, 0.5) is 23.2 Å². The van der Waals surface area contributed by atoms with Crippen LogP contribution in [0.25, 0.3) is 0 Å². The third-order valence-electron chi connectivity index (χ3n) is 2.51. The van der Waals surface area contributed by atoms with Gasteiger partial charge in [0.2, 0.25) is 0 Å². The molecule has 0 aromatic heterocycles. The van der Waals surface area contributed by atoms with Crippen molar-refractivity contribution in [3.8, 4) is 0 Å². The quantitative estimate of drug-likeness (QED) is 0.531. The molecule has 0 radical (unpaired) electrons. The second kappa shape index (κ2) is 5.63. The summed E-state index contributed by atoms with van der Waals surface area (Å²) in [7, 11) is 0. The average molecular weight is 302 g/mol. The monoisotopic (exact) mass is 301 g/mol. The van der Waals surface area contributed by atoms with Crippen molar-refractivity contribution in [1.82, 2.24) is 0 Å². The van der Waals surface area contributed by atoms with Gasteiger partial charge in [0, 0.05) is 16.8 Å². The van der Waals surface area contributed by atoms with Crippen LogP contribution < -0.4 is 0 Å². The lowest BCUT2D eigenvalue weighted by atomic mass is 10.1. The fourth-order valence-corrected chi connectivity index (χ4v) is 1.75. The third kappa shape index (κ3) is 3.36. The van der Waals surface area contributed by atoms with E-state index in [-0.39, 0.29) is 5.69 Å². The van der Waals surface area contributed by atoms with Gasteiger partial charge < -0.3 is 0 Å². The normalized spacial score (nSPS) is 12.1. The van der Waals surface area contributed by atoms with E-state index in [2.05, 4.69) is 4.99 Å². The Balaban J connectivity index is 2.42. The van der Waals surface area contributed by atoms with Crippen LogP contribution >= 0.6 is 11.6 Å². The molecule has 2 rings (SSSR count). The van der Waals surface area contributed by atoms with E-state index in [0.717, 1.165) is 12.1 Å². The maximum absolute atomic E-state index is 12.9. The van der Waals surface area contributed by atoms with Gasteiger partial charge in [0.15, 0.2) is 0 Å². The Morgan fingerprint density at radius 1 is 1.05 bits per heavy atom. The van der Waals surface area contributed by atoms with Crippen molar-refractivity contribution in [2.24, 2.45) is 4.99 Å². The summed E-state index contributed by atoms with van der Waals surface area (Å²) in [6.45, 7) is 0. The van der Waals surface area contributed by atoms with Crippen LogP contribution in [0.15, 0.2) is 47.5 Å². The molecule has 2 aromatic carbocycles. The SMILES string of the molecule is Fc1ccc(N=Cc2ccccc2Cl)c(C(F)(F)F)c1. The van der Waals surface area contributed by atoms with Crippen molar-refractivity contribution >= 4 is 23.5 Å². The molecule has 0 unspecified atom stereocenters. The van der Waals surface area contributed by atoms with Gasteiger partial charge in [-0.2, -0.15) is 13.2 Å². The molecule has 0 aliphatic rings. The van der Waals surface area contributed by atoms with E-state index in [1.54, 1.807) is 24.3 Å². The van der Waals surface area contributed by atoms with Crippen LogP contribution in [-0.2, 0) is 6.18 Å². The predicted octanol–water partition coefficient (Wildman–Crippen LogP) is 5.25. The van der Waals surface area contributed by atoms with Crippen LogP contribution in [0.5, 0.6) is 0 Å². The highest BCUT2D eigenvalue weighted by atomic mass is 35.5. The summed E-state index contributed by atoms with van der Waals surface area (Å²) in [5.74, 6) is -0.964. The average Bonchev–Trinajstić information content (AvgIpc) is 2.38. The fraction of sp³-hybridized carbons (Fsp3) is 0.0714. The van der Waals surface area contributed by atoms with Gasteiger partial charge in [0.1, 0.15) is 5.82 Å². The van der Waals surface area contributed by atoms with Crippen molar-refractivity contribution in [3.05, 3.63) is 64.4 Å². The highest BCUT2D eigenvalue weighted by Crippen LogP contribution is 2.36. The summed E-state index contributed by atoms with van der Waals surface area (Å²) in [4.78, 5) is 3.75. The molecule has 0 heterocycles. The van der Waals surface area contributed by atoms with Crippen molar-refractivity contribution in [2.45, 2.75) is 6.18 Å². The van der Waals surface area contributed by atoms with Gasteiger partial charge in [-0.05, 0) is 24.3 Å². The molecule has 0 bridgehead atoms. The van der Waals surface area contributed by atoms with Crippen LogP contribution in [0.1, 0.15) is 11.1 Å². The predicted molar refractivity (Wildman–Crippen MR) is 70.1 cm³/mol. The molecule has 0 fully saturated rings. The summed E-state index contributed by atoms with van der Waals surface area (Å²) < 4.78 is 51.2. The van der Waals surface area contributed by atoms with Gasteiger partial charge in [-0.15, -0.1) is 0 Å². The van der Waals surface area contributed by atoms with Gasteiger partial charge in [-0.1, -0.05) is 29.8 Å². The lowest BCUT2D eigenvalue weighted by Crippen LogP contribution is -2.05. The van der Waals surface area contributed by atoms with Crippen LogP contribution in [0.2, 0.25) is 5.02 Å². The van der Waals surface area contributed by atoms with Gasteiger partial charge >= 0.3 is 6.18 Å². The Kier molecular flexibility index (Phi) is 4.09. The molecule has 0 aliphatic carbocycles. The highest BCUT2D eigenvalue weighted by Gasteiger charge is 2.33. The molecule has 0 N–H and O–H groups in total. The summed E-state index contributed by atoms with van der Waals surface area (Å²) in [5.41, 5.74) is -1.01. The Hall–Kier alpha value is -1.88. The zero-order valence-corrected chi connectivity index (χ0v) is 10.7. The minimum absolute atomic E-state index is 0.362. The summed E-state index contributed by atoms with van der Waals surface area (Å²) in [5, 5.41) is 0.368. The molecule has 1 nitrogen and oxygen atoms in total. The molecular weight excluding hydrogens is 294 g/mol. The molecule has 6 heteroatoms. The molecular formula is C14H8ClF4N. The third-order valence-corrected chi connectivity index (χ3v) is 2.86. The number of rotatable bonds is 2. The van der Waals surface area contributed by atoms with Crippen molar-refractivity contribution in [2.75, 3.05) is 0 Å². The number of hydrogen-bond acceptors (Lipinski definition) is 1. The molecule has 0 saturated heterocycles. The summed E-state index contributed by atoms with van der Waals surface area (Å²) in [6.07, 6.45) is -3.46. The first-order valence-corrected chi connectivity index (χ1v) is 5.91. The lowest BCUT2D eigenvalue weighted by molar-refractivity contribution is -0.137. The molecule has 0 atom stereocenters. The Morgan fingerprint density at radius 2 is 1.75 bits per heavy atom. The molecule has 0 saturated carbocycles. The number of hydrogen-bond donors (Lipinski definition) is 0. The topological polar surface area (TPSA) is 12.4 Å². The van der Waals surface area contributed by atoms with Crippen LogP contribution in [-0.4, -0.2) is 6.21 Å². The fourth-order valence-electron chi connectivity index (χ4n) is 1.57. The van der Waals surface area contributed by atoms with E-state index in [1.807, 2.05) is 0 Å². The molecule has 0 spiro atoms. The van der Waals surface area contributed by atoms with Gasteiger partial charge in [0.25, 0.3) is 0 Å². The summed E-state index contributed by atoms with van der Waals surface area (Å²) >= 11 is 5.87. The van der Waals surface area contributed by atoms with Gasteiger partial charge in [0.05, 0.1) is 11.3 Å². The minimum Gasteiger partial charge on any atom is -0.256 e. The number of nitrogens with zero attached hydrogens (tertiary/aromatic N) is 1. The first-order chi connectivity index (χ1) is 9.38. The van der Waals surface area contributed by atoms with Crippen molar-refractivity contribution < 1.29 is 17.6 Å². The number of alkyl halides is 3. The van der Waals surface area contributed by atoms with Crippen molar-refractivity contribution in [3.63, 3.8) is 0 Å². The van der Waals surface area contributed by atoms with E-state index >= 15 is 0 Å². The van der Waals surface area contributed by atoms with Crippen LogP contribution in [0, 0.1) is 5.82 Å². The van der Waals surface area contributed by atoms with E-state index in [0.29, 0.717) is 16.7 Å². The first-order valence-electron chi connectivity index (χ1n) is 5.53. The lowest BCUT2D eigenvalue weighted by Gasteiger charge is -2.09. The zero-order valence-electron chi connectivity index (χ0n) is 9.96. The molecule has 0 aliphatic heterocycles. The molecule has 20 heavy (non-hydrogen) atoms. The van der Waals surface area contributed by atoms with E-state index in [1.165, 1.54) is 6.21 Å². The van der Waals surface area contributed by atoms with E-state index in [9.17, 15) is 17.6 Å². The Bertz CT molecular complexity index is 650. The standard InChI is InChI=1S/C14H8ClF4N/c15-12-4-2-1-3-9(12)8-20-13-6-5-10(16)7-11(13)14(17,18)19/h1-8H. The van der Waals surface area contributed by atoms with Crippen molar-refractivity contribution in [1.29, 1.82) is 0 Å². The van der Waals surface area contributed by atoms with E-state index in [4.69, 9.17) is 11.6 Å². The minimum atomic E-state index is -4.67. The summed E-state index contributed by atoms with van der Waals surface area (Å²) in [6, 6.07) is 8.90. The molecule has 2 aromatic rings. The Morgan fingerprint density at radius 3 is 2.40 bits per heavy atom. The number of halogens is 5. The maximum Gasteiger partial charge on any atom is 0.418 e. The number of benzene rings is 2. The molecule has 0 amide bonds. The maximum atomic E-state index is 12.9. The van der Waals surface area contributed by atoms with Gasteiger partial charge in [-0.3, -0.25) is 4.99 Å². The smallest absolute Gasteiger partial charge is 0.256 e. The van der Waals surface area contributed by atoms with Gasteiger partial charge in [-0.25, -0.2) is 4.39 Å². The zero-order chi connectivity index (χ0) is 14.8. The largest absolute Gasteiger partial charge is 0.418 e. The molecule has 104 valence electrons. The Labute approximate surface area is 117 Å². The number of aliphatic imine (C=N–C) groups is 1. The van der Waals surface area contributed by atoms with Crippen LogP contribution in [0.3, 0.4) is 0 Å².